The number of sulfonamides is 1. The molecule has 132 valence electrons. The lowest BCUT2D eigenvalue weighted by Gasteiger charge is -2.17. The molecule has 1 aromatic heterocycles. The number of nitrogens with zero attached hydrogens (tertiary/aromatic N) is 1. The van der Waals surface area contributed by atoms with Gasteiger partial charge >= 0.3 is 0 Å². The summed E-state index contributed by atoms with van der Waals surface area (Å²) < 4.78 is 28.0. The number of hydrogen-bond acceptors (Lipinski definition) is 4. The summed E-state index contributed by atoms with van der Waals surface area (Å²) in [6, 6.07) is 8.81. The van der Waals surface area contributed by atoms with E-state index in [1.165, 1.54) is 11.3 Å². The molecule has 5 nitrogen and oxygen atoms in total. The van der Waals surface area contributed by atoms with E-state index in [4.69, 9.17) is 0 Å². The van der Waals surface area contributed by atoms with Gasteiger partial charge in [0, 0.05) is 18.3 Å². The van der Waals surface area contributed by atoms with Gasteiger partial charge in [0.25, 0.3) is 5.91 Å². The van der Waals surface area contributed by atoms with E-state index in [0.717, 1.165) is 36.9 Å². The highest BCUT2D eigenvalue weighted by Crippen LogP contribution is 2.32. The van der Waals surface area contributed by atoms with Crippen LogP contribution in [-0.4, -0.2) is 26.9 Å². The highest BCUT2D eigenvalue weighted by atomic mass is 32.2. The van der Waals surface area contributed by atoms with Crippen LogP contribution in [0.3, 0.4) is 0 Å². The average Bonchev–Trinajstić information content (AvgIpc) is 3.34. The van der Waals surface area contributed by atoms with Crippen molar-refractivity contribution in [1.29, 1.82) is 0 Å². The number of benzene rings is 1. The van der Waals surface area contributed by atoms with Gasteiger partial charge in [-0.25, -0.2) is 13.1 Å². The molecule has 0 atom stereocenters. The van der Waals surface area contributed by atoms with Gasteiger partial charge in [-0.05, 0) is 54.5 Å². The Kier molecular flexibility index (Phi) is 4.39. The molecule has 1 aliphatic heterocycles. The lowest BCUT2D eigenvalue weighted by molar-refractivity contribution is 0.0993. The van der Waals surface area contributed by atoms with Crippen molar-refractivity contribution in [2.24, 2.45) is 0 Å². The summed E-state index contributed by atoms with van der Waals surface area (Å²) >= 11 is 1.42. The van der Waals surface area contributed by atoms with Gasteiger partial charge in [-0.2, -0.15) is 0 Å². The van der Waals surface area contributed by atoms with E-state index in [-0.39, 0.29) is 11.9 Å². The van der Waals surface area contributed by atoms with E-state index in [1.807, 2.05) is 17.5 Å². The predicted molar refractivity (Wildman–Crippen MR) is 98.7 cm³/mol. The lowest BCUT2D eigenvalue weighted by Crippen LogP contribution is -2.32. The first-order chi connectivity index (χ1) is 12.0. The molecule has 1 aromatic carbocycles. The summed E-state index contributed by atoms with van der Waals surface area (Å²) in [5, 5.41) is 1.88. The van der Waals surface area contributed by atoms with E-state index in [0.29, 0.717) is 22.7 Å². The van der Waals surface area contributed by atoms with Crippen LogP contribution in [-0.2, 0) is 16.4 Å². The minimum absolute atomic E-state index is 0.0200. The minimum Gasteiger partial charge on any atom is -0.307 e. The Hall–Kier alpha value is -1.70. The highest BCUT2D eigenvalue weighted by Gasteiger charge is 2.29. The number of hydrogen-bond donors (Lipinski definition) is 1. The fourth-order valence-electron chi connectivity index (χ4n) is 3.62. The van der Waals surface area contributed by atoms with Crippen LogP contribution in [0.15, 0.2) is 40.6 Å². The number of amides is 1. The molecule has 0 unspecified atom stereocenters. The Balaban J connectivity index is 1.58. The molecule has 2 heterocycles. The second kappa shape index (κ2) is 6.55. The zero-order valence-corrected chi connectivity index (χ0v) is 15.4. The smallest absolute Gasteiger partial charge is 0.268 e. The molecular formula is C18H20N2O3S2. The monoisotopic (exact) mass is 376 g/mol. The van der Waals surface area contributed by atoms with Crippen LogP contribution in [0.4, 0.5) is 5.69 Å². The van der Waals surface area contributed by atoms with Crippen LogP contribution in [0.1, 0.15) is 40.9 Å². The Morgan fingerprint density at radius 3 is 2.72 bits per heavy atom. The van der Waals surface area contributed by atoms with E-state index in [2.05, 4.69) is 4.72 Å². The predicted octanol–water partition coefficient (Wildman–Crippen LogP) is 3.17. The van der Waals surface area contributed by atoms with Crippen molar-refractivity contribution in [3.05, 3.63) is 46.2 Å². The van der Waals surface area contributed by atoms with Crippen molar-refractivity contribution in [3.8, 4) is 0 Å². The SMILES string of the molecule is O=C(c1cccs1)N1CCc2cc(S(=O)(=O)NC3CCCC3)ccc21. The third-order valence-electron chi connectivity index (χ3n) is 4.91. The first-order valence-corrected chi connectivity index (χ1v) is 10.9. The van der Waals surface area contributed by atoms with Gasteiger partial charge in [0.1, 0.15) is 0 Å². The van der Waals surface area contributed by atoms with Crippen molar-refractivity contribution >= 4 is 33.0 Å². The molecule has 1 saturated carbocycles. The maximum atomic E-state index is 12.6. The molecule has 25 heavy (non-hydrogen) atoms. The molecule has 1 N–H and O–H groups in total. The topological polar surface area (TPSA) is 66.5 Å². The van der Waals surface area contributed by atoms with Gasteiger partial charge in [0.2, 0.25) is 10.0 Å². The van der Waals surface area contributed by atoms with Gasteiger partial charge in [-0.3, -0.25) is 4.79 Å². The average molecular weight is 377 g/mol. The normalized spacial score (nSPS) is 17.8. The van der Waals surface area contributed by atoms with Crippen molar-refractivity contribution < 1.29 is 13.2 Å². The number of carbonyl (C=O) groups is 1. The third kappa shape index (κ3) is 3.23. The van der Waals surface area contributed by atoms with Crippen LogP contribution in [0.5, 0.6) is 0 Å². The largest absolute Gasteiger partial charge is 0.307 e. The second-order valence-corrected chi connectivity index (χ2v) is 9.24. The number of anilines is 1. The van der Waals surface area contributed by atoms with E-state index in [1.54, 1.807) is 23.1 Å². The maximum absolute atomic E-state index is 12.6. The van der Waals surface area contributed by atoms with E-state index in [9.17, 15) is 13.2 Å². The van der Waals surface area contributed by atoms with Crippen LogP contribution in [0, 0.1) is 0 Å². The second-order valence-electron chi connectivity index (χ2n) is 6.58. The number of nitrogens with one attached hydrogen (secondary N) is 1. The van der Waals surface area contributed by atoms with E-state index >= 15 is 0 Å². The van der Waals surface area contributed by atoms with Crippen LogP contribution in [0.2, 0.25) is 0 Å². The summed E-state index contributed by atoms with van der Waals surface area (Å²) in [6.45, 7) is 0.589. The Morgan fingerprint density at radius 2 is 2.00 bits per heavy atom. The quantitative estimate of drug-likeness (QED) is 0.891. The molecule has 0 spiro atoms. The maximum Gasteiger partial charge on any atom is 0.268 e. The summed E-state index contributed by atoms with van der Waals surface area (Å²) in [5.74, 6) is -0.0200. The molecule has 7 heteroatoms. The van der Waals surface area contributed by atoms with Gasteiger partial charge in [0.15, 0.2) is 0 Å². The van der Waals surface area contributed by atoms with Crippen molar-refractivity contribution in [3.63, 3.8) is 0 Å². The summed E-state index contributed by atoms with van der Waals surface area (Å²) in [5.41, 5.74) is 1.73. The highest BCUT2D eigenvalue weighted by molar-refractivity contribution is 7.89. The zero-order valence-electron chi connectivity index (χ0n) is 13.8. The van der Waals surface area contributed by atoms with Crippen LogP contribution in [0.25, 0.3) is 0 Å². The number of rotatable bonds is 4. The van der Waals surface area contributed by atoms with Gasteiger partial charge in [-0.1, -0.05) is 18.9 Å². The molecule has 1 fully saturated rings. The minimum atomic E-state index is -3.50. The number of fused-ring (bicyclic) bond motifs is 1. The summed E-state index contributed by atoms with van der Waals surface area (Å²) in [7, 11) is -3.50. The number of thiophene rings is 1. The van der Waals surface area contributed by atoms with Gasteiger partial charge in [0.05, 0.1) is 9.77 Å². The third-order valence-corrected chi connectivity index (χ3v) is 7.29. The fourth-order valence-corrected chi connectivity index (χ4v) is 5.65. The van der Waals surface area contributed by atoms with Crippen LogP contribution >= 0.6 is 11.3 Å². The number of carbonyl (C=O) groups excluding carboxylic acids is 1. The van der Waals surface area contributed by atoms with Gasteiger partial charge < -0.3 is 4.90 Å². The first kappa shape index (κ1) is 16.8. The zero-order chi connectivity index (χ0) is 17.4. The molecule has 0 bridgehead atoms. The van der Waals surface area contributed by atoms with Crippen molar-refractivity contribution in [2.75, 3.05) is 11.4 Å². The van der Waals surface area contributed by atoms with Gasteiger partial charge in [-0.15, -0.1) is 11.3 Å². The molecule has 0 radical (unpaired) electrons. The molecule has 1 amide bonds. The summed E-state index contributed by atoms with van der Waals surface area (Å²) in [4.78, 5) is 15.3. The van der Waals surface area contributed by atoms with Crippen LogP contribution < -0.4 is 9.62 Å². The lowest BCUT2D eigenvalue weighted by atomic mass is 10.2. The standard InChI is InChI=1S/C18H20N2O3S2/c21-18(17-6-3-11-24-17)20-10-9-13-12-15(7-8-16(13)20)25(22,23)19-14-4-1-2-5-14/h3,6-8,11-12,14,19H,1-2,4-5,9-10H2. The molecule has 2 aliphatic rings. The van der Waals surface area contributed by atoms with Crippen molar-refractivity contribution in [1.82, 2.24) is 4.72 Å². The molecule has 4 rings (SSSR count). The van der Waals surface area contributed by atoms with E-state index < -0.39 is 10.0 Å². The molecule has 1 aliphatic carbocycles. The Bertz CT molecular complexity index is 885. The van der Waals surface area contributed by atoms with Crippen molar-refractivity contribution in [2.45, 2.75) is 43.0 Å². The molecule has 0 saturated heterocycles. The Labute approximate surface area is 151 Å². The first-order valence-electron chi connectivity index (χ1n) is 8.55. The molecular weight excluding hydrogens is 356 g/mol. The Morgan fingerprint density at radius 1 is 1.20 bits per heavy atom. The fraction of sp³-hybridized carbons (Fsp3) is 0.389. The summed E-state index contributed by atoms with van der Waals surface area (Å²) in [6.07, 6.45) is 4.66. The molecule has 2 aromatic rings.